The Morgan fingerprint density at radius 3 is 2.30 bits per heavy atom. The van der Waals surface area contributed by atoms with Crippen LogP contribution in [0.5, 0.6) is 0 Å². The van der Waals surface area contributed by atoms with Crippen molar-refractivity contribution in [2.24, 2.45) is 0 Å². The Morgan fingerprint density at radius 2 is 1.67 bits per heavy atom. The number of nitrogens with one attached hydrogen (secondary N) is 2. The van der Waals surface area contributed by atoms with Gasteiger partial charge in [0.05, 0.1) is 22.7 Å². The molecular weight excluding hydrogens is 398 g/mol. The van der Waals surface area contributed by atoms with E-state index in [1.54, 1.807) is 12.1 Å². The lowest BCUT2D eigenvalue weighted by molar-refractivity contribution is -0.0453. The summed E-state index contributed by atoms with van der Waals surface area (Å²) >= 11 is 0. The Balaban J connectivity index is 1.54. The van der Waals surface area contributed by atoms with E-state index in [1.807, 2.05) is 0 Å². The molecule has 1 aliphatic carbocycles. The third kappa shape index (κ3) is 3.52. The lowest BCUT2D eigenvalue weighted by Gasteiger charge is -2.35. The summed E-state index contributed by atoms with van der Waals surface area (Å²) in [7, 11) is 0. The van der Waals surface area contributed by atoms with Gasteiger partial charge in [0.1, 0.15) is 0 Å². The topological polar surface area (TPSA) is 68.7 Å². The zero-order valence-corrected chi connectivity index (χ0v) is 15.7. The third-order valence-electron chi connectivity index (χ3n) is 5.72. The summed E-state index contributed by atoms with van der Waals surface area (Å²) in [6.45, 7) is 0. The minimum absolute atomic E-state index is 0.0551. The lowest BCUT2D eigenvalue weighted by atomic mass is 9.69. The van der Waals surface area contributed by atoms with Gasteiger partial charge in [-0.3, -0.25) is 4.79 Å². The molecule has 1 saturated carbocycles. The minimum Gasteiger partial charge on any atom is -0.359 e. The third-order valence-corrected chi connectivity index (χ3v) is 5.72. The van der Waals surface area contributed by atoms with Crippen molar-refractivity contribution in [2.45, 2.75) is 37.0 Å². The Morgan fingerprint density at radius 1 is 1.03 bits per heavy atom. The first-order valence-corrected chi connectivity index (χ1v) is 9.40. The van der Waals surface area contributed by atoms with Crippen LogP contribution >= 0.6 is 0 Å². The molecule has 4 rings (SSSR count). The van der Waals surface area contributed by atoms with E-state index in [2.05, 4.69) is 16.4 Å². The van der Waals surface area contributed by atoms with E-state index in [4.69, 9.17) is 0 Å². The second-order valence-electron chi connectivity index (χ2n) is 7.60. The maximum atomic E-state index is 13.5. The lowest BCUT2D eigenvalue weighted by Crippen LogP contribution is -2.35. The van der Waals surface area contributed by atoms with Crippen LogP contribution in [0.3, 0.4) is 0 Å². The molecule has 154 valence electrons. The predicted molar refractivity (Wildman–Crippen MR) is 103 cm³/mol. The van der Waals surface area contributed by atoms with Crippen molar-refractivity contribution in [3.63, 3.8) is 0 Å². The van der Waals surface area contributed by atoms with E-state index in [9.17, 15) is 27.6 Å². The number of hydrogen-bond acceptors (Lipinski definition) is 2. The summed E-state index contributed by atoms with van der Waals surface area (Å²) in [5.74, 6) is -5.25. The average molecular weight is 415 g/mol. The number of fused-ring (bicyclic) bond motifs is 1. The first kappa shape index (κ1) is 20.0. The predicted octanol–water partition coefficient (Wildman–Crippen LogP) is 5.67. The molecule has 1 amide bonds. The molecule has 0 atom stereocenters. The molecule has 0 bridgehead atoms. The number of nitrogens with zero attached hydrogens (tertiary/aromatic N) is 1. The molecule has 1 heterocycles. The van der Waals surface area contributed by atoms with E-state index < -0.39 is 28.9 Å². The first-order valence-electron chi connectivity index (χ1n) is 9.40. The van der Waals surface area contributed by atoms with E-state index in [0.717, 1.165) is 12.1 Å². The Bertz CT molecular complexity index is 1150. The number of halogens is 4. The van der Waals surface area contributed by atoms with Gasteiger partial charge in [0.15, 0.2) is 11.6 Å². The van der Waals surface area contributed by atoms with Gasteiger partial charge >= 0.3 is 0 Å². The van der Waals surface area contributed by atoms with E-state index in [-0.39, 0.29) is 31.2 Å². The monoisotopic (exact) mass is 415 g/mol. The van der Waals surface area contributed by atoms with Gasteiger partial charge in [0.25, 0.3) is 5.91 Å². The molecule has 30 heavy (non-hydrogen) atoms. The van der Waals surface area contributed by atoms with E-state index >= 15 is 0 Å². The number of anilines is 1. The summed E-state index contributed by atoms with van der Waals surface area (Å²) in [6.07, 6.45) is 0.850. The Hall–Kier alpha value is -3.34. The summed E-state index contributed by atoms with van der Waals surface area (Å²) in [4.78, 5) is 15.3. The summed E-state index contributed by atoms with van der Waals surface area (Å²) in [5, 5.41) is 12.6. The van der Waals surface area contributed by atoms with Gasteiger partial charge in [-0.25, -0.2) is 17.6 Å². The maximum Gasteiger partial charge on any atom is 0.255 e. The second-order valence-corrected chi connectivity index (χ2v) is 7.60. The van der Waals surface area contributed by atoms with E-state index in [1.165, 1.54) is 18.3 Å². The van der Waals surface area contributed by atoms with Crippen LogP contribution in [0.25, 0.3) is 10.9 Å². The number of H-pyrrole nitrogens is 1. The molecule has 0 radical (unpaired) electrons. The van der Waals surface area contributed by atoms with Gasteiger partial charge in [-0.1, -0.05) is 12.1 Å². The standard InChI is InChI=1S/C22H17F4N3O/c23-16-9-15-18(10-17(16)24)28-11-19(15)29-20(30)13-1-3-14(4-2-13)21(12-27)5-7-22(25,26)8-6-21/h1-4,9-11,28H,5-8H2,(H,29,30). The number of nitriles is 1. The maximum absolute atomic E-state index is 13.5. The van der Waals surface area contributed by atoms with Crippen LogP contribution < -0.4 is 5.32 Å². The van der Waals surface area contributed by atoms with Crippen molar-refractivity contribution in [1.82, 2.24) is 4.98 Å². The second kappa shape index (κ2) is 7.17. The molecule has 0 unspecified atom stereocenters. The van der Waals surface area contributed by atoms with Crippen LogP contribution in [0.1, 0.15) is 41.6 Å². The van der Waals surface area contributed by atoms with Gasteiger partial charge in [-0.2, -0.15) is 5.26 Å². The molecule has 0 spiro atoms. The number of benzene rings is 2. The van der Waals surface area contributed by atoms with Gasteiger partial charge in [0.2, 0.25) is 5.92 Å². The zero-order valence-electron chi connectivity index (χ0n) is 15.7. The quantitative estimate of drug-likeness (QED) is 0.541. The summed E-state index contributed by atoms with van der Waals surface area (Å²) in [6, 6.07) is 10.4. The van der Waals surface area contributed by atoms with Crippen LogP contribution in [0.4, 0.5) is 23.2 Å². The normalized spacial score (nSPS) is 17.4. The molecule has 2 aromatic carbocycles. The zero-order chi connectivity index (χ0) is 21.5. The van der Waals surface area contributed by atoms with Crippen LogP contribution in [-0.2, 0) is 5.41 Å². The fourth-order valence-electron chi connectivity index (χ4n) is 3.86. The number of aromatic nitrogens is 1. The molecule has 4 nitrogen and oxygen atoms in total. The van der Waals surface area contributed by atoms with Gasteiger partial charge in [-0.05, 0) is 36.6 Å². The number of carbonyl (C=O) groups excluding carboxylic acids is 1. The molecule has 3 aromatic rings. The fraction of sp³-hybridized carbons (Fsp3) is 0.273. The number of amides is 1. The minimum atomic E-state index is -2.75. The van der Waals surface area contributed by atoms with Crippen LogP contribution in [-0.4, -0.2) is 16.8 Å². The highest BCUT2D eigenvalue weighted by molar-refractivity contribution is 6.09. The molecule has 2 N–H and O–H groups in total. The first-order chi connectivity index (χ1) is 14.2. The largest absolute Gasteiger partial charge is 0.359 e. The van der Waals surface area contributed by atoms with Crippen LogP contribution in [0, 0.1) is 23.0 Å². The number of rotatable bonds is 3. The molecule has 1 aliphatic rings. The van der Waals surface area contributed by atoms with Gasteiger partial charge in [-0.15, -0.1) is 0 Å². The Labute approximate surface area is 169 Å². The average Bonchev–Trinajstić information content (AvgIpc) is 3.10. The molecule has 8 heteroatoms. The summed E-state index contributed by atoms with van der Waals surface area (Å²) in [5.41, 5.74) is 0.520. The van der Waals surface area contributed by atoms with Crippen LogP contribution in [0.2, 0.25) is 0 Å². The van der Waals surface area contributed by atoms with Crippen molar-refractivity contribution >= 4 is 22.5 Å². The number of carbonyl (C=O) groups is 1. The molecular formula is C22H17F4N3O. The smallest absolute Gasteiger partial charge is 0.255 e. The fourth-order valence-corrected chi connectivity index (χ4v) is 3.86. The Kier molecular flexibility index (Phi) is 4.77. The highest BCUT2D eigenvalue weighted by atomic mass is 19.3. The van der Waals surface area contributed by atoms with Crippen molar-refractivity contribution in [3.05, 3.63) is 65.4 Å². The van der Waals surface area contributed by atoms with Gasteiger partial charge < -0.3 is 10.3 Å². The molecule has 1 aromatic heterocycles. The number of alkyl halides is 2. The van der Waals surface area contributed by atoms with Crippen molar-refractivity contribution in [1.29, 1.82) is 5.26 Å². The van der Waals surface area contributed by atoms with Crippen LogP contribution in [0.15, 0.2) is 42.6 Å². The number of aromatic amines is 1. The van der Waals surface area contributed by atoms with E-state index in [0.29, 0.717) is 22.2 Å². The highest BCUT2D eigenvalue weighted by Crippen LogP contribution is 2.45. The van der Waals surface area contributed by atoms with Crippen molar-refractivity contribution in [3.8, 4) is 6.07 Å². The molecule has 0 aliphatic heterocycles. The number of hydrogen-bond donors (Lipinski definition) is 2. The molecule has 1 fully saturated rings. The molecule has 0 saturated heterocycles. The highest BCUT2D eigenvalue weighted by Gasteiger charge is 2.44. The van der Waals surface area contributed by atoms with Gasteiger partial charge in [0, 0.05) is 36.1 Å². The SMILES string of the molecule is N#CC1(c2ccc(C(=O)Nc3c[nH]c4cc(F)c(F)cc34)cc2)CCC(F)(F)CC1. The van der Waals surface area contributed by atoms with Crippen molar-refractivity contribution < 1.29 is 22.4 Å². The summed E-state index contributed by atoms with van der Waals surface area (Å²) < 4.78 is 53.9. The van der Waals surface area contributed by atoms with Crippen molar-refractivity contribution in [2.75, 3.05) is 5.32 Å².